The van der Waals surface area contributed by atoms with E-state index in [2.05, 4.69) is 32.8 Å². The molecule has 184 valence electrons. The molecule has 0 radical (unpaired) electrons. The largest absolute Gasteiger partial charge is 0.493 e. The monoisotopic (exact) mass is 503 g/mol. The van der Waals surface area contributed by atoms with E-state index >= 15 is 0 Å². The molecule has 9 heteroatoms. The summed E-state index contributed by atoms with van der Waals surface area (Å²) in [5.74, 6) is 1.79. The molecular formula is C27H26ClN5O3. The Morgan fingerprint density at radius 3 is 2.50 bits per heavy atom. The SMILES string of the molecule is COc1ccc(CC(=O)Nc2nc3n(n2)C(c2ccc(Cl)cc2)CC(c2ccccc2)N3)cc1OC. The van der Waals surface area contributed by atoms with Gasteiger partial charge in [0.25, 0.3) is 5.95 Å². The molecule has 1 aliphatic heterocycles. The molecule has 0 aliphatic carbocycles. The van der Waals surface area contributed by atoms with Gasteiger partial charge in [0.1, 0.15) is 0 Å². The minimum atomic E-state index is -0.229. The van der Waals surface area contributed by atoms with Gasteiger partial charge >= 0.3 is 0 Å². The molecule has 0 saturated heterocycles. The fourth-order valence-electron chi connectivity index (χ4n) is 4.44. The van der Waals surface area contributed by atoms with Crippen LogP contribution in [0.4, 0.5) is 11.9 Å². The first-order valence-corrected chi connectivity index (χ1v) is 12.0. The number of methoxy groups -OCH3 is 2. The van der Waals surface area contributed by atoms with Crippen LogP contribution < -0.4 is 20.1 Å². The van der Waals surface area contributed by atoms with Gasteiger partial charge in [-0.2, -0.15) is 4.98 Å². The molecule has 1 aromatic heterocycles. The first kappa shape index (κ1) is 23.7. The Balaban J connectivity index is 1.39. The maximum atomic E-state index is 12.8. The molecule has 0 saturated carbocycles. The van der Waals surface area contributed by atoms with E-state index in [1.165, 1.54) is 0 Å². The quantitative estimate of drug-likeness (QED) is 0.357. The molecule has 0 spiro atoms. The second-order valence-corrected chi connectivity index (χ2v) is 8.96. The van der Waals surface area contributed by atoms with Crippen LogP contribution in [-0.4, -0.2) is 34.9 Å². The third kappa shape index (κ3) is 4.99. The lowest BCUT2D eigenvalue weighted by Crippen LogP contribution is -2.28. The van der Waals surface area contributed by atoms with E-state index in [0.717, 1.165) is 23.1 Å². The summed E-state index contributed by atoms with van der Waals surface area (Å²) >= 11 is 6.13. The minimum Gasteiger partial charge on any atom is -0.493 e. The highest BCUT2D eigenvalue weighted by Gasteiger charge is 2.31. The van der Waals surface area contributed by atoms with Crippen molar-refractivity contribution in [3.8, 4) is 11.5 Å². The van der Waals surface area contributed by atoms with E-state index in [9.17, 15) is 4.79 Å². The summed E-state index contributed by atoms with van der Waals surface area (Å²) in [6.45, 7) is 0. The van der Waals surface area contributed by atoms with Crippen molar-refractivity contribution < 1.29 is 14.3 Å². The summed E-state index contributed by atoms with van der Waals surface area (Å²) in [6, 6.07) is 23.3. The number of aromatic nitrogens is 3. The van der Waals surface area contributed by atoms with Crippen molar-refractivity contribution in [2.75, 3.05) is 24.9 Å². The van der Waals surface area contributed by atoms with Gasteiger partial charge in [-0.1, -0.05) is 60.1 Å². The number of benzene rings is 3. The van der Waals surface area contributed by atoms with E-state index in [4.69, 9.17) is 21.1 Å². The zero-order valence-electron chi connectivity index (χ0n) is 19.9. The van der Waals surface area contributed by atoms with Crippen molar-refractivity contribution in [1.82, 2.24) is 14.8 Å². The second-order valence-electron chi connectivity index (χ2n) is 8.53. The summed E-state index contributed by atoms with van der Waals surface area (Å²) in [6.07, 6.45) is 0.909. The Kier molecular flexibility index (Phi) is 6.77. The van der Waals surface area contributed by atoms with Crippen molar-refractivity contribution in [3.63, 3.8) is 0 Å². The number of ether oxygens (including phenoxy) is 2. The zero-order chi connectivity index (χ0) is 25.1. The molecule has 4 aromatic rings. The molecule has 0 bridgehead atoms. The van der Waals surface area contributed by atoms with Crippen LogP contribution in [0.2, 0.25) is 5.02 Å². The van der Waals surface area contributed by atoms with Gasteiger partial charge < -0.3 is 14.8 Å². The molecular weight excluding hydrogens is 478 g/mol. The highest BCUT2D eigenvalue weighted by atomic mass is 35.5. The van der Waals surface area contributed by atoms with Crippen LogP contribution >= 0.6 is 11.6 Å². The van der Waals surface area contributed by atoms with Crippen LogP contribution in [0.25, 0.3) is 0 Å². The summed E-state index contributed by atoms with van der Waals surface area (Å²) in [4.78, 5) is 17.4. The van der Waals surface area contributed by atoms with E-state index in [-0.39, 0.29) is 30.4 Å². The molecule has 2 heterocycles. The molecule has 2 unspecified atom stereocenters. The van der Waals surface area contributed by atoms with Crippen molar-refractivity contribution in [3.05, 3.63) is 94.5 Å². The molecule has 36 heavy (non-hydrogen) atoms. The normalized spacial score (nSPS) is 16.5. The Morgan fingerprint density at radius 2 is 1.78 bits per heavy atom. The molecule has 0 fully saturated rings. The number of carbonyl (C=O) groups is 1. The third-order valence-electron chi connectivity index (χ3n) is 6.21. The summed E-state index contributed by atoms with van der Waals surface area (Å²) in [5.41, 5.74) is 3.01. The number of nitrogens with one attached hydrogen (secondary N) is 2. The highest BCUT2D eigenvalue weighted by Crippen LogP contribution is 2.38. The average Bonchev–Trinajstić information content (AvgIpc) is 3.31. The molecule has 1 amide bonds. The number of fused-ring (bicyclic) bond motifs is 1. The predicted molar refractivity (Wildman–Crippen MR) is 139 cm³/mol. The standard InChI is InChI=1S/C27H26ClN5O3/c1-35-23-13-8-17(14-24(23)36-2)15-25(34)30-26-31-27-29-21(18-6-4-3-5-7-18)16-22(33(27)32-26)19-9-11-20(28)12-10-19/h3-14,21-22H,15-16H2,1-2H3,(H2,29,30,31,32,34). The van der Waals surface area contributed by atoms with Gasteiger partial charge in [-0.3, -0.25) is 10.1 Å². The third-order valence-corrected chi connectivity index (χ3v) is 6.46. The number of hydrogen-bond acceptors (Lipinski definition) is 6. The van der Waals surface area contributed by atoms with Crippen molar-refractivity contribution in [2.24, 2.45) is 0 Å². The van der Waals surface area contributed by atoms with Crippen molar-refractivity contribution in [2.45, 2.75) is 24.9 Å². The van der Waals surface area contributed by atoms with Crippen LogP contribution in [0, 0.1) is 0 Å². The molecule has 5 rings (SSSR count). The van der Waals surface area contributed by atoms with Crippen LogP contribution in [0.15, 0.2) is 72.8 Å². The number of rotatable bonds is 7. The topological polar surface area (TPSA) is 90.3 Å². The maximum Gasteiger partial charge on any atom is 0.250 e. The number of amides is 1. The van der Waals surface area contributed by atoms with Crippen LogP contribution in [0.5, 0.6) is 11.5 Å². The number of nitrogens with zero attached hydrogens (tertiary/aromatic N) is 3. The van der Waals surface area contributed by atoms with Gasteiger partial charge in [0.2, 0.25) is 11.9 Å². The number of carbonyl (C=O) groups excluding carboxylic acids is 1. The van der Waals surface area contributed by atoms with Crippen LogP contribution in [-0.2, 0) is 11.2 Å². The zero-order valence-corrected chi connectivity index (χ0v) is 20.7. The van der Waals surface area contributed by atoms with E-state index in [0.29, 0.717) is 22.5 Å². The summed E-state index contributed by atoms with van der Waals surface area (Å²) < 4.78 is 12.4. The fraction of sp³-hybridized carbons (Fsp3) is 0.222. The lowest BCUT2D eigenvalue weighted by atomic mass is 9.93. The van der Waals surface area contributed by atoms with Gasteiger partial charge in [-0.05, 0) is 47.4 Å². The molecule has 3 aromatic carbocycles. The summed E-state index contributed by atoms with van der Waals surface area (Å²) in [5, 5.41) is 11.6. The van der Waals surface area contributed by atoms with E-state index in [1.54, 1.807) is 26.4 Å². The Bertz CT molecular complexity index is 1360. The number of anilines is 2. The highest BCUT2D eigenvalue weighted by molar-refractivity contribution is 6.30. The lowest BCUT2D eigenvalue weighted by Gasteiger charge is -2.31. The Morgan fingerprint density at radius 1 is 1.03 bits per heavy atom. The van der Waals surface area contributed by atoms with Gasteiger partial charge in [0, 0.05) is 5.02 Å². The van der Waals surface area contributed by atoms with Gasteiger partial charge in [0.15, 0.2) is 11.5 Å². The maximum absolute atomic E-state index is 12.8. The molecule has 8 nitrogen and oxygen atoms in total. The lowest BCUT2D eigenvalue weighted by molar-refractivity contribution is -0.115. The van der Waals surface area contributed by atoms with Gasteiger partial charge in [0.05, 0.1) is 32.7 Å². The second kappa shape index (κ2) is 10.3. The van der Waals surface area contributed by atoms with Gasteiger partial charge in [-0.25, -0.2) is 4.68 Å². The fourth-order valence-corrected chi connectivity index (χ4v) is 4.57. The number of hydrogen-bond donors (Lipinski definition) is 2. The van der Waals surface area contributed by atoms with Crippen LogP contribution in [0.1, 0.15) is 35.2 Å². The van der Waals surface area contributed by atoms with Crippen molar-refractivity contribution >= 4 is 29.4 Å². The Labute approximate surface area is 214 Å². The number of halogens is 1. The molecule has 2 N–H and O–H groups in total. The van der Waals surface area contributed by atoms with E-state index in [1.807, 2.05) is 53.2 Å². The van der Waals surface area contributed by atoms with E-state index < -0.39 is 0 Å². The average molecular weight is 504 g/mol. The molecule has 2 atom stereocenters. The first-order chi connectivity index (χ1) is 17.5. The van der Waals surface area contributed by atoms with Crippen LogP contribution in [0.3, 0.4) is 0 Å². The molecule has 1 aliphatic rings. The first-order valence-electron chi connectivity index (χ1n) is 11.6. The van der Waals surface area contributed by atoms with Gasteiger partial charge in [-0.15, -0.1) is 5.10 Å². The van der Waals surface area contributed by atoms with Crippen molar-refractivity contribution in [1.29, 1.82) is 0 Å². The summed E-state index contributed by atoms with van der Waals surface area (Å²) in [7, 11) is 3.14. The Hall–Kier alpha value is -4.04. The smallest absolute Gasteiger partial charge is 0.250 e. The minimum absolute atomic E-state index is 0.0406. The predicted octanol–water partition coefficient (Wildman–Crippen LogP) is 5.28.